The Bertz CT molecular complexity index is 910. The summed E-state index contributed by atoms with van der Waals surface area (Å²) in [6.07, 6.45) is 2.04. The number of likely N-dealkylation sites (tertiary alicyclic amines) is 1. The number of rotatable bonds is 6. The molecule has 146 valence electrons. The van der Waals surface area contributed by atoms with Crippen LogP contribution in [0.3, 0.4) is 0 Å². The van der Waals surface area contributed by atoms with Crippen molar-refractivity contribution in [3.8, 4) is 17.6 Å². The third-order valence-corrected chi connectivity index (χ3v) is 5.37. The number of amides is 1. The van der Waals surface area contributed by atoms with Gasteiger partial charge in [-0.05, 0) is 30.3 Å². The van der Waals surface area contributed by atoms with Crippen LogP contribution < -0.4 is 19.7 Å². The van der Waals surface area contributed by atoms with Crippen molar-refractivity contribution in [2.45, 2.75) is 18.9 Å². The number of halogens is 1. The number of hydrogen-bond donors (Lipinski definition) is 2. The second kappa shape index (κ2) is 8.96. The molecule has 2 aromatic rings. The number of methoxy groups -OCH3 is 2. The van der Waals surface area contributed by atoms with Crippen molar-refractivity contribution in [1.29, 1.82) is 5.26 Å². The molecule has 1 amide bonds. The van der Waals surface area contributed by atoms with E-state index in [0.717, 1.165) is 36.4 Å². The molecule has 1 fully saturated rings. The Balaban J connectivity index is 1.71. The summed E-state index contributed by atoms with van der Waals surface area (Å²) in [6, 6.07) is 12.9. The monoisotopic (exact) mass is 400 g/mol. The molecular weight excluding hydrogens is 378 g/mol. The van der Waals surface area contributed by atoms with Crippen LogP contribution >= 0.6 is 11.6 Å². The van der Waals surface area contributed by atoms with Gasteiger partial charge in [0.15, 0.2) is 6.54 Å². The molecule has 1 saturated heterocycles. The molecule has 0 aliphatic carbocycles. The van der Waals surface area contributed by atoms with Gasteiger partial charge in [0.2, 0.25) is 0 Å². The first kappa shape index (κ1) is 20.0. The fourth-order valence-corrected chi connectivity index (χ4v) is 3.92. The molecule has 1 heterocycles. The molecule has 2 atom stereocenters. The molecule has 0 saturated carbocycles. The van der Waals surface area contributed by atoms with Crippen LogP contribution in [-0.4, -0.2) is 33.2 Å². The number of benzene rings is 2. The number of nitrogens with one attached hydrogen (secondary N) is 2. The van der Waals surface area contributed by atoms with Gasteiger partial charge in [0.1, 0.15) is 23.6 Å². The van der Waals surface area contributed by atoms with Crippen LogP contribution in [0.25, 0.3) is 0 Å². The van der Waals surface area contributed by atoms with E-state index in [4.69, 9.17) is 26.3 Å². The van der Waals surface area contributed by atoms with E-state index in [1.165, 1.54) is 4.90 Å². The highest BCUT2D eigenvalue weighted by atomic mass is 35.5. The van der Waals surface area contributed by atoms with Gasteiger partial charge in [0, 0.05) is 24.6 Å². The fourth-order valence-electron chi connectivity index (χ4n) is 3.70. The summed E-state index contributed by atoms with van der Waals surface area (Å²) in [6.45, 7) is 1.26. The number of carbonyl (C=O) groups is 1. The SMILES string of the molecule is COc1ccc([C@H]2CCC[NH+]2CC(=O)Nc2ccc(C#N)c(Cl)c2)c(OC)c1. The average Bonchev–Trinajstić information content (AvgIpc) is 3.15. The quantitative estimate of drug-likeness (QED) is 0.781. The Morgan fingerprint density at radius 2 is 2.11 bits per heavy atom. The van der Waals surface area contributed by atoms with Crippen LogP contribution in [0, 0.1) is 11.3 Å². The summed E-state index contributed by atoms with van der Waals surface area (Å²) in [5.74, 6) is 1.44. The summed E-state index contributed by atoms with van der Waals surface area (Å²) in [4.78, 5) is 13.8. The van der Waals surface area contributed by atoms with E-state index < -0.39 is 0 Å². The summed E-state index contributed by atoms with van der Waals surface area (Å²) >= 11 is 6.04. The van der Waals surface area contributed by atoms with E-state index in [1.54, 1.807) is 32.4 Å². The van der Waals surface area contributed by atoms with Gasteiger partial charge in [-0.15, -0.1) is 0 Å². The highest BCUT2D eigenvalue weighted by molar-refractivity contribution is 6.32. The van der Waals surface area contributed by atoms with Gasteiger partial charge in [-0.2, -0.15) is 5.26 Å². The first-order valence-electron chi connectivity index (χ1n) is 9.11. The molecule has 0 spiro atoms. The second-order valence-corrected chi connectivity index (χ2v) is 7.15. The van der Waals surface area contributed by atoms with Crippen LogP contribution in [0.5, 0.6) is 11.5 Å². The van der Waals surface area contributed by atoms with Gasteiger partial charge < -0.3 is 19.7 Å². The third-order valence-electron chi connectivity index (χ3n) is 5.06. The fraction of sp³-hybridized carbons (Fsp3) is 0.333. The van der Waals surface area contributed by atoms with E-state index >= 15 is 0 Å². The Kier molecular flexibility index (Phi) is 6.40. The molecule has 0 radical (unpaired) electrons. The maximum Gasteiger partial charge on any atom is 0.279 e. The number of nitrogens with zero attached hydrogens (tertiary/aromatic N) is 1. The molecule has 6 nitrogen and oxygen atoms in total. The third kappa shape index (κ3) is 4.38. The zero-order valence-electron chi connectivity index (χ0n) is 15.9. The average molecular weight is 401 g/mol. The minimum absolute atomic E-state index is 0.0878. The lowest BCUT2D eigenvalue weighted by molar-refractivity contribution is -0.910. The van der Waals surface area contributed by atoms with Gasteiger partial charge in [-0.25, -0.2) is 0 Å². The van der Waals surface area contributed by atoms with E-state index in [0.29, 0.717) is 22.8 Å². The lowest BCUT2D eigenvalue weighted by Crippen LogP contribution is -3.11. The predicted molar refractivity (Wildman–Crippen MR) is 107 cm³/mol. The summed E-state index contributed by atoms with van der Waals surface area (Å²) in [5.41, 5.74) is 2.06. The molecule has 2 N–H and O–H groups in total. The minimum atomic E-state index is -0.0878. The van der Waals surface area contributed by atoms with Gasteiger partial charge >= 0.3 is 0 Å². The van der Waals surface area contributed by atoms with Crippen molar-refractivity contribution >= 4 is 23.2 Å². The van der Waals surface area contributed by atoms with E-state index in [2.05, 4.69) is 5.32 Å². The lowest BCUT2D eigenvalue weighted by atomic mass is 10.0. The molecule has 2 aromatic carbocycles. The van der Waals surface area contributed by atoms with Crippen molar-refractivity contribution in [2.75, 3.05) is 32.6 Å². The second-order valence-electron chi connectivity index (χ2n) is 6.74. The normalized spacial score (nSPS) is 18.4. The number of anilines is 1. The van der Waals surface area contributed by atoms with Crippen LogP contribution in [0.1, 0.15) is 30.0 Å². The molecule has 3 rings (SSSR count). The molecule has 1 aliphatic rings. The number of nitriles is 1. The zero-order valence-corrected chi connectivity index (χ0v) is 16.7. The van der Waals surface area contributed by atoms with Crippen molar-refractivity contribution in [1.82, 2.24) is 0 Å². The van der Waals surface area contributed by atoms with Gasteiger partial charge in [0.25, 0.3) is 5.91 Å². The van der Waals surface area contributed by atoms with Gasteiger partial charge in [-0.3, -0.25) is 4.79 Å². The van der Waals surface area contributed by atoms with Crippen molar-refractivity contribution in [3.05, 3.63) is 52.5 Å². The minimum Gasteiger partial charge on any atom is -0.497 e. The highest BCUT2D eigenvalue weighted by Crippen LogP contribution is 2.31. The number of hydrogen-bond acceptors (Lipinski definition) is 4. The lowest BCUT2D eigenvalue weighted by Gasteiger charge is -2.23. The molecule has 1 aliphatic heterocycles. The largest absolute Gasteiger partial charge is 0.497 e. The Morgan fingerprint density at radius 3 is 2.79 bits per heavy atom. The van der Waals surface area contributed by atoms with Crippen LogP contribution in [0.15, 0.2) is 36.4 Å². The number of carbonyl (C=O) groups excluding carboxylic acids is 1. The molecular formula is C21H23ClN3O3+. The van der Waals surface area contributed by atoms with Crippen molar-refractivity contribution in [3.63, 3.8) is 0 Å². The molecule has 0 bridgehead atoms. The van der Waals surface area contributed by atoms with E-state index in [9.17, 15) is 4.79 Å². The maximum atomic E-state index is 12.6. The summed E-state index contributed by atoms with van der Waals surface area (Å²) < 4.78 is 10.8. The standard InChI is InChI=1S/C21H22ClN3O3/c1-27-16-7-8-17(20(11-16)28-2)19-4-3-9-25(19)13-21(26)24-15-6-5-14(12-23)18(22)10-15/h5-8,10-11,19H,3-4,9,13H2,1-2H3,(H,24,26)/p+1/t19-/m1/s1. The van der Waals surface area contributed by atoms with Crippen LogP contribution in [-0.2, 0) is 4.79 Å². The van der Waals surface area contributed by atoms with Crippen molar-refractivity contribution < 1.29 is 19.2 Å². The van der Waals surface area contributed by atoms with Gasteiger partial charge in [0.05, 0.1) is 36.9 Å². The van der Waals surface area contributed by atoms with E-state index in [-0.39, 0.29) is 11.9 Å². The number of ether oxygens (including phenoxy) is 2. The Labute approximate surface area is 169 Å². The molecule has 7 heteroatoms. The first-order chi connectivity index (χ1) is 13.5. The Hall–Kier alpha value is -2.75. The molecule has 1 unspecified atom stereocenters. The maximum absolute atomic E-state index is 12.6. The van der Waals surface area contributed by atoms with Crippen LogP contribution in [0.4, 0.5) is 5.69 Å². The predicted octanol–water partition coefficient (Wildman–Crippen LogP) is 2.59. The Morgan fingerprint density at radius 1 is 1.29 bits per heavy atom. The smallest absolute Gasteiger partial charge is 0.279 e. The van der Waals surface area contributed by atoms with E-state index in [1.807, 2.05) is 24.3 Å². The molecule has 28 heavy (non-hydrogen) atoms. The first-order valence-corrected chi connectivity index (χ1v) is 9.49. The highest BCUT2D eigenvalue weighted by Gasteiger charge is 2.33. The molecule has 0 aromatic heterocycles. The van der Waals surface area contributed by atoms with Crippen molar-refractivity contribution in [2.24, 2.45) is 0 Å². The summed E-state index contributed by atoms with van der Waals surface area (Å²) in [5, 5.41) is 12.2. The zero-order chi connectivity index (χ0) is 20.1. The number of quaternary nitrogens is 1. The topological polar surface area (TPSA) is 75.8 Å². The summed E-state index contributed by atoms with van der Waals surface area (Å²) in [7, 11) is 3.27. The van der Waals surface area contributed by atoms with Crippen LogP contribution in [0.2, 0.25) is 5.02 Å². The van der Waals surface area contributed by atoms with Gasteiger partial charge in [-0.1, -0.05) is 11.6 Å².